The minimum Gasteiger partial charge on any atom is -0.380 e. The van der Waals surface area contributed by atoms with Gasteiger partial charge in [0, 0.05) is 32.3 Å². The lowest BCUT2D eigenvalue weighted by atomic mass is 10.2. The van der Waals surface area contributed by atoms with E-state index in [0.29, 0.717) is 0 Å². The summed E-state index contributed by atoms with van der Waals surface area (Å²) in [6.45, 7) is 6.56. The third kappa shape index (κ3) is 3.95. The molecular formula is C11H24N2O. The molecule has 0 aliphatic heterocycles. The number of nitrogens with two attached hydrogens (primary N) is 1. The molecule has 0 saturated heterocycles. The maximum absolute atomic E-state index is 5.62. The molecule has 2 N–H and O–H groups in total. The Kier molecular flexibility index (Phi) is 6.15. The highest BCUT2D eigenvalue weighted by Crippen LogP contribution is 2.22. The van der Waals surface area contributed by atoms with Gasteiger partial charge >= 0.3 is 0 Å². The molecule has 0 heterocycles. The van der Waals surface area contributed by atoms with Gasteiger partial charge in [0.05, 0.1) is 6.61 Å². The van der Waals surface area contributed by atoms with E-state index in [1.807, 2.05) is 6.92 Å². The van der Waals surface area contributed by atoms with Crippen molar-refractivity contribution in [2.45, 2.75) is 38.6 Å². The minimum absolute atomic E-state index is 0.766. The standard InChI is InChI=1S/C11H24N2O/c1-2-14-10-9-13(8-7-12)11-5-3-4-6-11/h11H,2-10,12H2,1H3. The Hall–Kier alpha value is -0.120. The lowest BCUT2D eigenvalue weighted by Gasteiger charge is -2.27. The van der Waals surface area contributed by atoms with E-state index in [1.165, 1.54) is 25.7 Å². The fourth-order valence-corrected chi connectivity index (χ4v) is 2.24. The summed E-state index contributed by atoms with van der Waals surface area (Å²) in [6, 6.07) is 0.777. The van der Waals surface area contributed by atoms with Gasteiger partial charge in [-0.25, -0.2) is 0 Å². The summed E-state index contributed by atoms with van der Waals surface area (Å²) in [4.78, 5) is 2.50. The SMILES string of the molecule is CCOCCN(CCN)C1CCCC1. The predicted molar refractivity (Wildman–Crippen MR) is 59.4 cm³/mol. The second-order valence-electron chi connectivity index (χ2n) is 3.96. The van der Waals surface area contributed by atoms with Crippen LogP contribution in [0.4, 0.5) is 0 Å². The minimum atomic E-state index is 0.766. The highest BCUT2D eigenvalue weighted by Gasteiger charge is 2.21. The van der Waals surface area contributed by atoms with Crippen LogP contribution >= 0.6 is 0 Å². The van der Waals surface area contributed by atoms with Crippen LogP contribution in [0.25, 0.3) is 0 Å². The molecule has 1 aliphatic carbocycles. The van der Waals surface area contributed by atoms with Crippen molar-refractivity contribution in [2.75, 3.05) is 32.8 Å². The van der Waals surface area contributed by atoms with Crippen molar-refractivity contribution in [1.82, 2.24) is 4.90 Å². The average Bonchev–Trinajstić information content (AvgIpc) is 2.70. The van der Waals surface area contributed by atoms with E-state index in [9.17, 15) is 0 Å². The number of nitrogens with zero attached hydrogens (tertiary/aromatic N) is 1. The fraction of sp³-hybridized carbons (Fsp3) is 1.00. The molecule has 3 nitrogen and oxygen atoms in total. The van der Waals surface area contributed by atoms with Crippen LogP contribution in [0, 0.1) is 0 Å². The number of rotatable bonds is 7. The summed E-state index contributed by atoms with van der Waals surface area (Å²) >= 11 is 0. The number of hydrogen-bond acceptors (Lipinski definition) is 3. The van der Waals surface area contributed by atoms with Crippen LogP contribution < -0.4 is 5.73 Å². The molecule has 84 valence electrons. The molecule has 0 unspecified atom stereocenters. The molecule has 14 heavy (non-hydrogen) atoms. The Balaban J connectivity index is 2.22. The van der Waals surface area contributed by atoms with Gasteiger partial charge in [-0.05, 0) is 19.8 Å². The summed E-state index contributed by atoms with van der Waals surface area (Å²) in [5, 5.41) is 0. The monoisotopic (exact) mass is 200 g/mol. The Morgan fingerprint density at radius 3 is 2.57 bits per heavy atom. The summed E-state index contributed by atoms with van der Waals surface area (Å²) in [5.74, 6) is 0. The smallest absolute Gasteiger partial charge is 0.0593 e. The second-order valence-corrected chi connectivity index (χ2v) is 3.96. The number of hydrogen-bond donors (Lipinski definition) is 1. The van der Waals surface area contributed by atoms with Gasteiger partial charge in [-0.1, -0.05) is 12.8 Å². The third-order valence-electron chi connectivity index (χ3n) is 2.98. The van der Waals surface area contributed by atoms with E-state index in [0.717, 1.165) is 38.9 Å². The Bertz CT molecular complexity index is 135. The quantitative estimate of drug-likeness (QED) is 0.628. The van der Waals surface area contributed by atoms with Crippen molar-refractivity contribution in [1.29, 1.82) is 0 Å². The van der Waals surface area contributed by atoms with Crippen LogP contribution in [0.3, 0.4) is 0 Å². The van der Waals surface area contributed by atoms with Gasteiger partial charge < -0.3 is 10.5 Å². The van der Waals surface area contributed by atoms with Crippen LogP contribution in [0.15, 0.2) is 0 Å². The first-order chi connectivity index (χ1) is 6.88. The molecule has 0 radical (unpaired) electrons. The van der Waals surface area contributed by atoms with Gasteiger partial charge in [0.15, 0.2) is 0 Å². The molecular weight excluding hydrogens is 176 g/mol. The normalized spacial score (nSPS) is 18.2. The van der Waals surface area contributed by atoms with E-state index >= 15 is 0 Å². The van der Waals surface area contributed by atoms with Gasteiger partial charge in [0.25, 0.3) is 0 Å². The molecule has 1 fully saturated rings. The molecule has 0 bridgehead atoms. The molecule has 0 spiro atoms. The summed E-state index contributed by atoms with van der Waals surface area (Å²) < 4.78 is 5.39. The summed E-state index contributed by atoms with van der Waals surface area (Å²) in [6.07, 6.45) is 5.49. The second kappa shape index (κ2) is 7.21. The van der Waals surface area contributed by atoms with Gasteiger partial charge in [-0.15, -0.1) is 0 Å². The number of ether oxygens (including phenoxy) is 1. The molecule has 0 aromatic rings. The van der Waals surface area contributed by atoms with Crippen LogP contribution in [-0.4, -0.2) is 43.8 Å². The molecule has 1 rings (SSSR count). The van der Waals surface area contributed by atoms with Gasteiger partial charge in [-0.3, -0.25) is 4.90 Å². The van der Waals surface area contributed by atoms with Crippen molar-refractivity contribution >= 4 is 0 Å². The molecule has 0 aromatic heterocycles. The lowest BCUT2D eigenvalue weighted by Crippen LogP contribution is -2.39. The molecule has 0 aromatic carbocycles. The van der Waals surface area contributed by atoms with Gasteiger partial charge in [0.1, 0.15) is 0 Å². The molecule has 3 heteroatoms. The van der Waals surface area contributed by atoms with E-state index in [1.54, 1.807) is 0 Å². The lowest BCUT2D eigenvalue weighted by molar-refractivity contribution is 0.0964. The van der Waals surface area contributed by atoms with Crippen molar-refractivity contribution in [2.24, 2.45) is 5.73 Å². The van der Waals surface area contributed by atoms with Gasteiger partial charge in [-0.2, -0.15) is 0 Å². The van der Waals surface area contributed by atoms with Crippen LogP contribution in [0.5, 0.6) is 0 Å². The third-order valence-corrected chi connectivity index (χ3v) is 2.98. The van der Waals surface area contributed by atoms with Crippen LogP contribution in [-0.2, 0) is 4.74 Å². The van der Waals surface area contributed by atoms with Crippen molar-refractivity contribution < 1.29 is 4.74 Å². The molecule has 0 atom stereocenters. The van der Waals surface area contributed by atoms with E-state index in [2.05, 4.69) is 4.90 Å². The maximum atomic E-state index is 5.62. The van der Waals surface area contributed by atoms with Gasteiger partial charge in [0.2, 0.25) is 0 Å². The first-order valence-electron chi connectivity index (χ1n) is 5.90. The maximum Gasteiger partial charge on any atom is 0.0593 e. The van der Waals surface area contributed by atoms with Crippen molar-refractivity contribution in [3.63, 3.8) is 0 Å². The molecule has 0 amide bonds. The summed E-state index contributed by atoms with van der Waals surface area (Å²) in [5.41, 5.74) is 5.62. The zero-order valence-corrected chi connectivity index (χ0v) is 9.37. The first-order valence-corrected chi connectivity index (χ1v) is 5.90. The molecule has 1 saturated carbocycles. The van der Waals surface area contributed by atoms with Crippen molar-refractivity contribution in [3.8, 4) is 0 Å². The first kappa shape index (κ1) is 12.0. The molecule has 1 aliphatic rings. The highest BCUT2D eigenvalue weighted by molar-refractivity contribution is 4.77. The van der Waals surface area contributed by atoms with Crippen molar-refractivity contribution in [3.05, 3.63) is 0 Å². The van der Waals surface area contributed by atoms with Crippen LogP contribution in [0.2, 0.25) is 0 Å². The highest BCUT2D eigenvalue weighted by atomic mass is 16.5. The van der Waals surface area contributed by atoms with E-state index in [-0.39, 0.29) is 0 Å². The largest absolute Gasteiger partial charge is 0.380 e. The average molecular weight is 200 g/mol. The predicted octanol–water partition coefficient (Wildman–Crippen LogP) is 1.23. The topological polar surface area (TPSA) is 38.5 Å². The zero-order valence-electron chi connectivity index (χ0n) is 9.37. The Morgan fingerprint density at radius 2 is 2.00 bits per heavy atom. The fourth-order valence-electron chi connectivity index (χ4n) is 2.24. The Morgan fingerprint density at radius 1 is 1.29 bits per heavy atom. The summed E-state index contributed by atoms with van der Waals surface area (Å²) in [7, 11) is 0. The Labute approximate surface area is 87.6 Å². The van der Waals surface area contributed by atoms with E-state index < -0.39 is 0 Å². The van der Waals surface area contributed by atoms with E-state index in [4.69, 9.17) is 10.5 Å². The zero-order chi connectivity index (χ0) is 10.2. The van der Waals surface area contributed by atoms with Crippen LogP contribution in [0.1, 0.15) is 32.6 Å².